The van der Waals surface area contributed by atoms with Gasteiger partial charge in [-0.25, -0.2) is 0 Å². The lowest BCUT2D eigenvalue weighted by Crippen LogP contribution is -2.49. The molecule has 0 aromatic carbocycles. The first-order valence-electron chi connectivity index (χ1n) is 5.95. The van der Waals surface area contributed by atoms with Crippen molar-refractivity contribution in [3.05, 3.63) is 0 Å². The monoisotopic (exact) mass is 216 g/mol. The summed E-state index contributed by atoms with van der Waals surface area (Å²) in [6.45, 7) is 9.82. The van der Waals surface area contributed by atoms with Crippen LogP contribution >= 0.6 is 0 Å². The Hall–Kier alpha value is -0.120. The van der Waals surface area contributed by atoms with Crippen molar-refractivity contribution in [2.75, 3.05) is 20.2 Å². The van der Waals surface area contributed by atoms with E-state index in [2.05, 4.69) is 32.6 Å². The Kier molecular flexibility index (Phi) is 7.14. The van der Waals surface area contributed by atoms with Crippen LogP contribution in [0.1, 0.15) is 34.1 Å². The van der Waals surface area contributed by atoms with E-state index in [9.17, 15) is 5.11 Å². The van der Waals surface area contributed by atoms with Gasteiger partial charge >= 0.3 is 0 Å². The van der Waals surface area contributed by atoms with Crippen molar-refractivity contribution < 1.29 is 5.11 Å². The minimum atomic E-state index is 0.0683. The Labute approximate surface area is 94.6 Å². The molecule has 3 N–H and O–H groups in total. The average Bonchev–Trinajstić information content (AvgIpc) is 2.01. The highest BCUT2D eigenvalue weighted by Crippen LogP contribution is 2.11. The van der Waals surface area contributed by atoms with Gasteiger partial charge in [0.2, 0.25) is 0 Å². The van der Waals surface area contributed by atoms with Crippen LogP contribution in [0.2, 0.25) is 0 Å². The van der Waals surface area contributed by atoms with Gasteiger partial charge in [0.1, 0.15) is 0 Å². The molecular weight excluding hydrogens is 188 g/mol. The zero-order chi connectivity index (χ0) is 12.0. The smallest absolute Gasteiger partial charge is 0.0601 e. The number of hydrogen-bond donors (Lipinski definition) is 2. The highest BCUT2D eigenvalue weighted by Gasteiger charge is 2.22. The molecule has 0 aliphatic heterocycles. The van der Waals surface area contributed by atoms with Gasteiger partial charge < -0.3 is 10.8 Å². The van der Waals surface area contributed by atoms with E-state index in [-0.39, 0.29) is 18.7 Å². The molecule has 2 atom stereocenters. The first-order chi connectivity index (χ1) is 6.88. The maximum Gasteiger partial charge on any atom is 0.0601 e. The fourth-order valence-electron chi connectivity index (χ4n) is 2.01. The zero-order valence-corrected chi connectivity index (χ0v) is 10.9. The second-order valence-corrected chi connectivity index (χ2v) is 5.38. The van der Waals surface area contributed by atoms with Crippen LogP contribution in [0.3, 0.4) is 0 Å². The van der Waals surface area contributed by atoms with E-state index in [4.69, 9.17) is 5.73 Å². The third kappa shape index (κ3) is 6.13. The maximum atomic E-state index is 9.37. The molecule has 0 fully saturated rings. The van der Waals surface area contributed by atoms with Crippen molar-refractivity contribution >= 4 is 0 Å². The SMILES string of the molecule is CC(C)CC(N)C(CO)N(C)CC(C)C. The van der Waals surface area contributed by atoms with Crippen LogP contribution in [0.15, 0.2) is 0 Å². The van der Waals surface area contributed by atoms with Crippen LogP contribution in [-0.4, -0.2) is 42.3 Å². The maximum absolute atomic E-state index is 9.37. The molecule has 0 aliphatic rings. The zero-order valence-electron chi connectivity index (χ0n) is 10.9. The number of likely N-dealkylation sites (N-methyl/N-ethyl adjacent to an activating group) is 1. The largest absolute Gasteiger partial charge is 0.395 e. The van der Waals surface area contributed by atoms with E-state index in [0.717, 1.165) is 13.0 Å². The summed E-state index contributed by atoms with van der Waals surface area (Å²) in [5, 5.41) is 9.37. The molecule has 0 radical (unpaired) electrons. The number of aliphatic hydroxyl groups is 1. The van der Waals surface area contributed by atoms with Gasteiger partial charge in [-0.3, -0.25) is 4.90 Å². The van der Waals surface area contributed by atoms with Crippen LogP contribution in [-0.2, 0) is 0 Å². The van der Waals surface area contributed by atoms with Gasteiger partial charge in [0, 0.05) is 18.6 Å². The topological polar surface area (TPSA) is 49.5 Å². The molecule has 3 heteroatoms. The molecule has 0 aromatic rings. The van der Waals surface area contributed by atoms with E-state index in [0.29, 0.717) is 11.8 Å². The van der Waals surface area contributed by atoms with Crippen LogP contribution in [0, 0.1) is 11.8 Å². The van der Waals surface area contributed by atoms with Crippen molar-refractivity contribution in [1.82, 2.24) is 4.90 Å². The first-order valence-corrected chi connectivity index (χ1v) is 5.95. The summed E-state index contributed by atoms with van der Waals surface area (Å²) in [5.41, 5.74) is 6.10. The summed E-state index contributed by atoms with van der Waals surface area (Å²) in [7, 11) is 2.04. The molecule has 0 aromatic heterocycles. The summed E-state index contributed by atoms with van der Waals surface area (Å²) in [6, 6.07) is 0.161. The molecular formula is C12H28N2O. The number of rotatable bonds is 7. The Balaban J connectivity index is 4.20. The average molecular weight is 216 g/mol. The van der Waals surface area contributed by atoms with E-state index in [1.165, 1.54) is 0 Å². The van der Waals surface area contributed by atoms with Crippen molar-refractivity contribution in [2.45, 2.75) is 46.2 Å². The summed E-state index contributed by atoms with van der Waals surface area (Å²) in [4.78, 5) is 2.18. The molecule has 2 unspecified atom stereocenters. The van der Waals surface area contributed by atoms with E-state index >= 15 is 0 Å². The molecule has 3 nitrogen and oxygen atoms in total. The second-order valence-electron chi connectivity index (χ2n) is 5.38. The fraction of sp³-hybridized carbons (Fsp3) is 1.00. The molecule has 15 heavy (non-hydrogen) atoms. The van der Waals surface area contributed by atoms with Crippen molar-refractivity contribution in [3.63, 3.8) is 0 Å². The number of nitrogens with zero attached hydrogens (tertiary/aromatic N) is 1. The minimum absolute atomic E-state index is 0.0683. The lowest BCUT2D eigenvalue weighted by atomic mass is 9.97. The lowest BCUT2D eigenvalue weighted by molar-refractivity contribution is 0.110. The van der Waals surface area contributed by atoms with Gasteiger partial charge in [0.25, 0.3) is 0 Å². The predicted octanol–water partition coefficient (Wildman–Crippen LogP) is 1.31. The van der Waals surface area contributed by atoms with Crippen LogP contribution in [0.4, 0.5) is 0 Å². The Bertz CT molecular complexity index is 144. The van der Waals surface area contributed by atoms with Crippen LogP contribution in [0.25, 0.3) is 0 Å². The number of aliphatic hydroxyl groups excluding tert-OH is 1. The van der Waals surface area contributed by atoms with Crippen LogP contribution in [0.5, 0.6) is 0 Å². The second kappa shape index (κ2) is 7.20. The van der Waals surface area contributed by atoms with Gasteiger partial charge in [-0.1, -0.05) is 27.7 Å². The summed E-state index contributed by atoms with van der Waals surface area (Å²) in [6.07, 6.45) is 0.966. The highest BCUT2D eigenvalue weighted by atomic mass is 16.3. The number of nitrogens with two attached hydrogens (primary N) is 1. The normalized spacial score (nSPS) is 16.4. The minimum Gasteiger partial charge on any atom is -0.395 e. The molecule has 0 saturated carbocycles. The van der Waals surface area contributed by atoms with E-state index < -0.39 is 0 Å². The molecule has 0 rings (SSSR count). The molecule has 92 valence electrons. The van der Waals surface area contributed by atoms with Crippen LogP contribution < -0.4 is 5.73 Å². The van der Waals surface area contributed by atoms with Gasteiger partial charge in [0.15, 0.2) is 0 Å². The first kappa shape index (κ1) is 14.9. The third-order valence-corrected chi connectivity index (χ3v) is 2.64. The third-order valence-electron chi connectivity index (χ3n) is 2.64. The van der Waals surface area contributed by atoms with E-state index in [1.807, 2.05) is 7.05 Å². The summed E-state index contributed by atoms with van der Waals surface area (Å²) >= 11 is 0. The molecule has 0 saturated heterocycles. The molecule has 0 bridgehead atoms. The van der Waals surface area contributed by atoms with Crippen molar-refractivity contribution in [2.24, 2.45) is 17.6 Å². The van der Waals surface area contributed by atoms with Gasteiger partial charge in [-0.05, 0) is 25.3 Å². The Morgan fingerprint density at radius 1 is 1.13 bits per heavy atom. The fourth-order valence-corrected chi connectivity index (χ4v) is 2.01. The van der Waals surface area contributed by atoms with E-state index in [1.54, 1.807) is 0 Å². The Morgan fingerprint density at radius 3 is 2.00 bits per heavy atom. The van der Waals surface area contributed by atoms with Crippen molar-refractivity contribution in [1.29, 1.82) is 0 Å². The summed E-state index contributed by atoms with van der Waals surface area (Å²) < 4.78 is 0. The molecule has 0 aliphatic carbocycles. The van der Waals surface area contributed by atoms with Gasteiger partial charge in [-0.2, -0.15) is 0 Å². The van der Waals surface area contributed by atoms with Crippen molar-refractivity contribution in [3.8, 4) is 0 Å². The standard InChI is InChI=1S/C12H28N2O/c1-9(2)6-11(13)12(8-15)14(5)7-10(3)4/h9-12,15H,6-8,13H2,1-5H3. The van der Waals surface area contributed by atoms with Gasteiger partial charge in [0.05, 0.1) is 6.61 Å². The van der Waals surface area contributed by atoms with Gasteiger partial charge in [-0.15, -0.1) is 0 Å². The molecule has 0 amide bonds. The summed E-state index contributed by atoms with van der Waals surface area (Å²) in [5.74, 6) is 1.19. The molecule has 0 heterocycles. The molecule has 0 spiro atoms. The predicted molar refractivity (Wildman–Crippen MR) is 65.8 cm³/mol. The number of hydrogen-bond acceptors (Lipinski definition) is 3. The highest BCUT2D eigenvalue weighted by molar-refractivity contribution is 4.81. The lowest BCUT2D eigenvalue weighted by Gasteiger charge is -2.33. The quantitative estimate of drug-likeness (QED) is 0.674. The Morgan fingerprint density at radius 2 is 1.67 bits per heavy atom.